The average Bonchev–Trinajstić information content (AvgIpc) is 3.35. The maximum Gasteiger partial charge on any atom is 0.187 e. The van der Waals surface area contributed by atoms with Crippen molar-refractivity contribution in [2.75, 3.05) is 79.3 Å². The van der Waals surface area contributed by atoms with Crippen LogP contribution in [-0.4, -0.2) is 349 Å². The molecule has 0 bridgehead atoms. The summed E-state index contributed by atoms with van der Waals surface area (Å²) >= 11 is 0. The van der Waals surface area contributed by atoms with Gasteiger partial charge in [-0.1, -0.05) is 0 Å². The Kier molecular flexibility index (Phi) is 31.8. The summed E-state index contributed by atoms with van der Waals surface area (Å²) in [4.78, 5) is 0. The van der Waals surface area contributed by atoms with Crippen LogP contribution in [0.2, 0.25) is 0 Å². The highest BCUT2D eigenvalue weighted by Gasteiger charge is 2.47. The van der Waals surface area contributed by atoms with Crippen LogP contribution in [-0.2, 0) is 37.9 Å². The highest BCUT2D eigenvalue weighted by Crippen LogP contribution is 2.26. The standard InChI is InChI=1S/4C9H18O8/c2*10-1-4(12)3-16-9-8(15)7(14)6(13)5(2-11)17-9;2*10-1-4(2-11)16-9-8(15)7(14)6(13)5(3-12)17-9/h4*4-15H,1-3H2/t2*4?,5?,6-,7+,8?,9?;2*5?,6-,7+,8?,9?/m1111/s1. The van der Waals surface area contributed by atoms with Gasteiger partial charge in [0.25, 0.3) is 0 Å². The summed E-state index contributed by atoms with van der Waals surface area (Å²) in [6.07, 6.45) is -31.7. The first-order chi connectivity index (χ1) is 32.1. The van der Waals surface area contributed by atoms with Crippen LogP contribution >= 0.6 is 0 Å². The molecule has 0 aliphatic carbocycles. The molecule has 408 valence electrons. The van der Waals surface area contributed by atoms with E-state index in [1.165, 1.54) is 0 Å². The minimum atomic E-state index is -1.54. The Balaban J connectivity index is 0.000000453. The van der Waals surface area contributed by atoms with Crippen molar-refractivity contribution in [1.82, 2.24) is 0 Å². The Morgan fingerprint density at radius 1 is 0.294 bits per heavy atom. The first-order valence-electron chi connectivity index (χ1n) is 20.9. The molecule has 14 unspecified atom stereocenters. The van der Waals surface area contributed by atoms with Crippen LogP contribution in [0.15, 0.2) is 0 Å². The largest absolute Gasteiger partial charge is 0.394 e. The number of aliphatic hydroxyl groups is 24. The van der Waals surface area contributed by atoms with E-state index in [0.29, 0.717) is 0 Å². The molecule has 68 heavy (non-hydrogen) atoms. The lowest BCUT2D eigenvalue weighted by Crippen LogP contribution is -2.60. The van der Waals surface area contributed by atoms with Gasteiger partial charge in [0.1, 0.15) is 122 Å². The van der Waals surface area contributed by atoms with Crippen molar-refractivity contribution in [2.24, 2.45) is 0 Å². The topological polar surface area (TPSA) is 559 Å². The molecule has 0 radical (unpaired) electrons. The minimum Gasteiger partial charge on any atom is -0.394 e. The molecular weight excluding hydrogens is 944 g/mol. The van der Waals surface area contributed by atoms with Gasteiger partial charge in [-0.15, -0.1) is 0 Å². The highest BCUT2D eigenvalue weighted by atomic mass is 16.7. The maximum absolute atomic E-state index is 9.56. The van der Waals surface area contributed by atoms with Crippen LogP contribution in [0.1, 0.15) is 0 Å². The third-order valence-corrected chi connectivity index (χ3v) is 10.2. The van der Waals surface area contributed by atoms with Crippen LogP contribution < -0.4 is 0 Å². The van der Waals surface area contributed by atoms with Gasteiger partial charge in [-0.2, -0.15) is 0 Å². The van der Waals surface area contributed by atoms with E-state index in [1.807, 2.05) is 0 Å². The van der Waals surface area contributed by atoms with Gasteiger partial charge in [0.05, 0.1) is 79.3 Å². The molecule has 0 amide bonds. The molecule has 4 saturated heterocycles. The van der Waals surface area contributed by atoms with Crippen LogP contribution in [0.4, 0.5) is 0 Å². The predicted molar refractivity (Wildman–Crippen MR) is 211 cm³/mol. The smallest absolute Gasteiger partial charge is 0.187 e. The van der Waals surface area contributed by atoms with Crippen molar-refractivity contribution in [1.29, 1.82) is 0 Å². The molecule has 0 aromatic heterocycles. The van der Waals surface area contributed by atoms with Gasteiger partial charge in [-0.3, -0.25) is 0 Å². The van der Waals surface area contributed by atoms with E-state index in [1.54, 1.807) is 0 Å². The Morgan fingerprint density at radius 3 is 0.721 bits per heavy atom. The lowest BCUT2D eigenvalue weighted by Gasteiger charge is -2.40. The van der Waals surface area contributed by atoms with Crippen molar-refractivity contribution in [3.05, 3.63) is 0 Å². The second kappa shape index (κ2) is 33.4. The molecule has 4 rings (SSSR count). The molecule has 0 aromatic rings. The molecule has 32 heteroatoms. The van der Waals surface area contributed by atoms with Gasteiger partial charge >= 0.3 is 0 Å². The predicted octanol–water partition coefficient (Wildman–Crippen LogP) is -15.4. The maximum atomic E-state index is 9.56. The fourth-order valence-electron chi connectivity index (χ4n) is 5.95. The quantitative estimate of drug-likeness (QED) is 0.0538. The summed E-state index contributed by atoms with van der Waals surface area (Å²) in [5.74, 6) is 0. The minimum absolute atomic E-state index is 0.306. The van der Waals surface area contributed by atoms with Gasteiger partial charge in [-0.05, 0) is 0 Å². The molecule has 0 saturated carbocycles. The molecule has 4 aliphatic rings. The molecule has 22 atom stereocenters. The average molecular weight is 1020 g/mol. The second-order valence-corrected chi connectivity index (χ2v) is 15.4. The SMILES string of the molecule is OCC(CO)OC1OC(CO)[C@@H](O)[C@H](O)C1O.OCC(CO)OC1OC(CO)[C@@H](O)[C@H](O)C1O.OCC(O)COC1OC(CO)[C@@H](O)[C@H](O)C1O.OCC(O)COC1OC(CO)[C@@H](O)[C@H](O)C1O. The van der Waals surface area contributed by atoms with E-state index in [2.05, 4.69) is 0 Å². The van der Waals surface area contributed by atoms with Crippen molar-refractivity contribution in [3.63, 3.8) is 0 Å². The highest BCUT2D eigenvalue weighted by molar-refractivity contribution is 4.92. The lowest BCUT2D eigenvalue weighted by atomic mass is 9.99. The summed E-state index contributed by atoms with van der Waals surface area (Å²) < 4.78 is 39.9. The Labute approximate surface area is 386 Å². The molecule has 4 aliphatic heterocycles. The molecular formula is C36H72O32. The fraction of sp³-hybridized carbons (Fsp3) is 1.00. The Morgan fingerprint density at radius 2 is 0.515 bits per heavy atom. The monoisotopic (exact) mass is 1020 g/mol. The summed E-state index contributed by atoms with van der Waals surface area (Å²) in [5, 5.41) is 220. The van der Waals surface area contributed by atoms with E-state index in [0.717, 1.165) is 0 Å². The van der Waals surface area contributed by atoms with E-state index < -0.39 is 213 Å². The third-order valence-electron chi connectivity index (χ3n) is 10.2. The molecule has 32 nitrogen and oxygen atoms in total. The van der Waals surface area contributed by atoms with Crippen molar-refractivity contribution in [3.8, 4) is 0 Å². The molecule has 0 aromatic carbocycles. The zero-order valence-corrected chi connectivity index (χ0v) is 36.3. The van der Waals surface area contributed by atoms with Crippen LogP contribution in [0.25, 0.3) is 0 Å². The number of ether oxygens (including phenoxy) is 8. The molecule has 24 N–H and O–H groups in total. The summed E-state index contributed by atoms with van der Waals surface area (Å²) in [6.45, 7) is -5.84. The Bertz CT molecular complexity index is 1160. The molecule has 4 heterocycles. The second-order valence-electron chi connectivity index (χ2n) is 15.4. The van der Waals surface area contributed by atoms with Gasteiger partial charge < -0.3 is 160 Å². The van der Waals surface area contributed by atoms with E-state index in [4.69, 9.17) is 99.2 Å². The number of hydrogen-bond acceptors (Lipinski definition) is 32. The number of rotatable bonds is 20. The van der Waals surface area contributed by atoms with Gasteiger partial charge in [0.15, 0.2) is 25.2 Å². The summed E-state index contributed by atoms with van der Waals surface area (Å²) in [6, 6.07) is 0. The normalized spacial score (nSPS) is 39.4. The van der Waals surface area contributed by atoms with E-state index in [9.17, 15) is 61.3 Å². The third kappa shape index (κ3) is 19.3. The van der Waals surface area contributed by atoms with Crippen LogP contribution in [0.3, 0.4) is 0 Å². The number of hydrogen-bond donors (Lipinski definition) is 24. The van der Waals surface area contributed by atoms with Crippen molar-refractivity contribution >= 4 is 0 Å². The lowest BCUT2D eigenvalue weighted by molar-refractivity contribution is -0.315. The first kappa shape index (κ1) is 64.7. The fourth-order valence-corrected chi connectivity index (χ4v) is 5.95. The summed E-state index contributed by atoms with van der Waals surface area (Å²) in [5.41, 5.74) is 0. The molecule has 4 fully saturated rings. The zero-order chi connectivity index (χ0) is 52.0. The summed E-state index contributed by atoms with van der Waals surface area (Å²) in [7, 11) is 0. The molecule has 0 spiro atoms. The van der Waals surface area contributed by atoms with Gasteiger partial charge in [0.2, 0.25) is 0 Å². The van der Waals surface area contributed by atoms with Gasteiger partial charge in [-0.25, -0.2) is 0 Å². The Hall–Kier alpha value is -1.28. The van der Waals surface area contributed by atoms with E-state index >= 15 is 0 Å². The van der Waals surface area contributed by atoms with Crippen molar-refractivity contribution < 1.29 is 160 Å². The van der Waals surface area contributed by atoms with E-state index in [-0.39, 0.29) is 13.2 Å². The number of aliphatic hydroxyl groups excluding tert-OH is 24. The van der Waals surface area contributed by atoms with Crippen LogP contribution in [0.5, 0.6) is 0 Å². The first-order valence-corrected chi connectivity index (χ1v) is 20.9. The zero-order valence-electron chi connectivity index (χ0n) is 36.3. The van der Waals surface area contributed by atoms with Crippen LogP contribution in [0, 0.1) is 0 Å². The van der Waals surface area contributed by atoms with Crippen molar-refractivity contribution in [2.45, 2.75) is 147 Å². The van der Waals surface area contributed by atoms with Gasteiger partial charge in [0, 0.05) is 0 Å².